The Balaban J connectivity index is 1.98. The van der Waals surface area contributed by atoms with Crippen LogP contribution in [0.3, 0.4) is 0 Å². The number of nitrogens with one attached hydrogen (secondary N) is 1. The highest BCUT2D eigenvalue weighted by Gasteiger charge is 2.37. The van der Waals surface area contributed by atoms with Crippen molar-refractivity contribution < 1.29 is 9.59 Å². The van der Waals surface area contributed by atoms with Gasteiger partial charge in [0, 0.05) is 0 Å². The highest BCUT2D eigenvalue weighted by Crippen LogP contribution is 2.16. The minimum Gasteiger partial charge on any atom is -0.305 e. The average molecular weight is 260 g/mol. The highest BCUT2D eigenvalue weighted by atomic mass is 16.2. The molecule has 0 radical (unpaired) electrons. The molecule has 0 aliphatic carbocycles. The maximum absolute atomic E-state index is 12.2. The molecular formula is C15H20N2O2. The number of hydrogen-bond donors (Lipinski definition) is 1. The molecule has 1 heterocycles. The van der Waals surface area contributed by atoms with Gasteiger partial charge in [-0.05, 0) is 18.0 Å². The first-order chi connectivity index (χ1) is 9.08. The third kappa shape index (κ3) is 3.41. The molecule has 2 amide bonds. The molecule has 1 N–H and O–H groups in total. The molecule has 2 rings (SSSR count). The van der Waals surface area contributed by atoms with Crippen LogP contribution in [-0.4, -0.2) is 29.3 Å². The van der Waals surface area contributed by atoms with E-state index in [9.17, 15) is 9.59 Å². The molecule has 1 aliphatic rings. The van der Waals surface area contributed by atoms with Gasteiger partial charge in [0.2, 0.25) is 11.8 Å². The van der Waals surface area contributed by atoms with Crippen LogP contribution in [0, 0.1) is 5.92 Å². The van der Waals surface area contributed by atoms with Crippen LogP contribution in [0.15, 0.2) is 30.3 Å². The van der Waals surface area contributed by atoms with Crippen molar-refractivity contribution in [3.63, 3.8) is 0 Å². The lowest BCUT2D eigenvalue weighted by atomic mass is 10.2. The summed E-state index contributed by atoms with van der Waals surface area (Å²) < 4.78 is 0. The number of amides is 2. The molecular weight excluding hydrogens is 240 g/mol. The Hall–Kier alpha value is -1.68. The molecule has 1 saturated heterocycles. The average Bonchev–Trinajstić information content (AvgIpc) is 2.65. The Kier molecular flexibility index (Phi) is 4.32. The first kappa shape index (κ1) is 13.7. The van der Waals surface area contributed by atoms with Crippen molar-refractivity contribution in [1.29, 1.82) is 0 Å². The molecule has 0 bridgehead atoms. The van der Waals surface area contributed by atoms with Crippen molar-refractivity contribution >= 4 is 11.8 Å². The number of likely N-dealkylation sites (tertiary alicyclic amines) is 1. The van der Waals surface area contributed by atoms with E-state index >= 15 is 0 Å². The smallest absolute Gasteiger partial charge is 0.247 e. The van der Waals surface area contributed by atoms with Crippen molar-refractivity contribution in [1.82, 2.24) is 10.2 Å². The predicted molar refractivity (Wildman–Crippen MR) is 73.2 cm³/mol. The van der Waals surface area contributed by atoms with Gasteiger partial charge in [0.1, 0.15) is 0 Å². The Morgan fingerprint density at radius 3 is 2.58 bits per heavy atom. The normalized spacial score (nSPS) is 19.5. The second-order valence-corrected chi connectivity index (χ2v) is 5.36. The largest absolute Gasteiger partial charge is 0.305 e. The molecule has 1 aliphatic heterocycles. The third-order valence-electron chi connectivity index (χ3n) is 3.20. The van der Waals surface area contributed by atoms with Gasteiger partial charge >= 0.3 is 0 Å². The van der Waals surface area contributed by atoms with Gasteiger partial charge in [-0.15, -0.1) is 0 Å². The van der Waals surface area contributed by atoms with Crippen molar-refractivity contribution in [3.05, 3.63) is 35.9 Å². The van der Waals surface area contributed by atoms with Gasteiger partial charge < -0.3 is 5.32 Å². The van der Waals surface area contributed by atoms with E-state index in [-0.39, 0.29) is 24.3 Å². The SMILES string of the molecule is CC(C)CN[C@H]1CC(=O)N(Cc2ccccc2)C1=O. The van der Waals surface area contributed by atoms with Crippen molar-refractivity contribution in [2.45, 2.75) is 32.9 Å². The molecule has 4 nitrogen and oxygen atoms in total. The summed E-state index contributed by atoms with van der Waals surface area (Å²) in [4.78, 5) is 25.4. The summed E-state index contributed by atoms with van der Waals surface area (Å²) in [6, 6.07) is 9.25. The lowest BCUT2D eigenvalue weighted by molar-refractivity contribution is -0.139. The molecule has 0 saturated carbocycles. The zero-order valence-corrected chi connectivity index (χ0v) is 11.4. The number of nitrogens with zero attached hydrogens (tertiary/aromatic N) is 1. The summed E-state index contributed by atoms with van der Waals surface area (Å²) >= 11 is 0. The van der Waals surface area contributed by atoms with Crippen LogP contribution in [0.5, 0.6) is 0 Å². The number of imide groups is 1. The van der Waals surface area contributed by atoms with Gasteiger partial charge in [-0.3, -0.25) is 14.5 Å². The second-order valence-electron chi connectivity index (χ2n) is 5.36. The van der Waals surface area contributed by atoms with E-state index in [1.807, 2.05) is 30.3 Å². The summed E-state index contributed by atoms with van der Waals surface area (Å²) in [5.74, 6) is 0.274. The summed E-state index contributed by atoms with van der Waals surface area (Å²) in [7, 11) is 0. The number of carbonyl (C=O) groups excluding carboxylic acids is 2. The second kappa shape index (κ2) is 5.97. The Bertz CT molecular complexity index is 456. The molecule has 1 atom stereocenters. The maximum atomic E-state index is 12.2. The van der Waals surface area contributed by atoms with Crippen LogP contribution in [0.25, 0.3) is 0 Å². The van der Waals surface area contributed by atoms with Crippen molar-refractivity contribution in [2.24, 2.45) is 5.92 Å². The first-order valence-corrected chi connectivity index (χ1v) is 6.69. The highest BCUT2D eigenvalue weighted by molar-refractivity contribution is 6.05. The van der Waals surface area contributed by atoms with Crippen molar-refractivity contribution in [2.75, 3.05) is 6.54 Å². The summed E-state index contributed by atoms with van der Waals surface area (Å²) in [6.07, 6.45) is 0.276. The number of carbonyl (C=O) groups is 2. The van der Waals surface area contributed by atoms with Crippen LogP contribution in [0.1, 0.15) is 25.8 Å². The predicted octanol–water partition coefficient (Wildman–Crippen LogP) is 1.56. The lowest BCUT2D eigenvalue weighted by Crippen LogP contribution is -2.39. The Morgan fingerprint density at radius 1 is 1.26 bits per heavy atom. The fourth-order valence-corrected chi connectivity index (χ4v) is 2.15. The van der Waals surface area contributed by atoms with E-state index in [1.54, 1.807) is 0 Å². The molecule has 19 heavy (non-hydrogen) atoms. The zero-order valence-electron chi connectivity index (χ0n) is 11.4. The molecule has 4 heteroatoms. The number of rotatable bonds is 5. The topological polar surface area (TPSA) is 49.4 Å². The first-order valence-electron chi connectivity index (χ1n) is 6.69. The molecule has 0 spiro atoms. The molecule has 102 valence electrons. The standard InChI is InChI=1S/C15H20N2O2/c1-11(2)9-16-13-8-14(18)17(15(13)19)10-12-6-4-3-5-7-12/h3-7,11,13,16H,8-10H2,1-2H3/t13-/m0/s1. The van der Waals surface area contributed by atoms with Crippen LogP contribution in [0.4, 0.5) is 0 Å². The van der Waals surface area contributed by atoms with Crippen molar-refractivity contribution in [3.8, 4) is 0 Å². The third-order valence-corrected chi connectivity index (χ3v) is 3.20. The molecule has 0 unspecified atom stereocenters. The van der Waals surface area contributed by atoms with E-state index in [0.717, 1.165) is 12.1 Å². The monoisotopic (exact) mass is 260 g/mol. The number of hydrogen-bond acceptors (Lipinski definition) is 3. The minimum absolute atomic E-state index is 0.0879. The summed E-state index contributed by atoms with van der Waals surface area (Å²) in [6.45, 7) is 5.28. The fourth-order valence-electron chi connectivity index (χ4n) is 2.15. The van der Waals surface area contributed by atoms with Crippen LogP contribution in [-0.2, 0) is 16.1 Å². The quantitative estimate of drug-likeness (QED) is 0.817. The van der Waals surface area contributed by atoms with Gasteiger partial charge in [-0.1, -0.05) is 44.2 Å². The minimum atomic E-state index is -0.349. The zero-order chi connectivity index (χ0) is 13.8. The molecule has 0 aromatic heterocycles. The van der Waals surface area contributed by atoms with Crippen LogP contribution >= 0.6 is 0 Å². The number of benzene rings is 1. The van der Waals surface area contributed by atoms with E-state index < -0.39 is 0 Å². The van der Waals surface area contributed by atoms with E-state index in [0.29, 0.717) is 12.5 Å². The van der Waals surface area contributed by atoms with Gasteiger partial charge in [0.15, 0.2) is 0 Å². The van der Waals surface area contributed by atoms with Crippen LogP contribution < -0.4 is 5.32 Å². The Labute approximate surface area is 113 Å². The van der Waals surface area contributed by atoms with Gasteiger partial charge in [0.05, 0.1) is 19.0 Å². The van der Waals surface area contributed by atoms with E-state index in [2.05, 4.69) is 19.2 Å². The fraction of sp³-hybridized carbons (Fsp3) is 0.467. The van der Waals surface area contributed by atoms with Crippen LogP contribution in [0.2, 0.25) is 0 Å². The summed E-state index contributed by atoms with van der Waals surface area (Å²) in [5, 5.41) is 3.16. The van der Waals surface area contributed by atoms with E-state index in [4.69, 9.17) is 0 Å². The van der Waals surface area contributed by atoms with Gasteiger partial charge in [0.25, 0.3) is 0 Å². The molecule has 1 aromatic carbocycles. The van der Waals surface area contributed by atoms with E-state index in [1.165, 1.54) is 4.90 Å². The lowest BCUT2D eigenvalue weighted by Gasteiger charge is -2.16. The van der Waals surface area contributed by atoms with Gasteiger partial charge in [-0.2, -0.15) is 0 Å². The summed E-state index contributed by atoms with van der Waals surface area (Å²) in [5.41, 5.74) is 0.980. The molecule has 1 aromatic rings. The maximum Gasteiger partial charge on any atom is 0.247 e. The Morgan fingerprint density at radius 2 is 1.95 bits per heavy atom. The van der Waals surface area contributed by atoms with Gasteiger partial charge in [-0.25, -0.2) is 0 Å². The molecule has 1 fully saturated rings.